The average molecular weight is 377 g/mol. The van der Waals surface area contributed by atoms with Crippen molar-refractivity contribution in [2.45, 2.75) is 6.92 Å². The summed E-state index contributed by atoms with van der Waals surface area (Å²) in [5.74, 6) is -10.7. The van der Waals surface area contributed by atoms with Crippen LogP contribution in [0.1, 0.15) is 11.1 Å². The molecule has 27 heavy (non-hydrogen) atoms. The first-order valence-corrected chi connectivity index (χ1v) is 7.75. The molecule has 0 saturated carbocycles. The fourth-order valence-electron chi connectivity index (χ4n) is 2.58. The predicted molar refractivity (Wildman–Crippen MR) is 91.8 cm³/mol. The molecule has 0 atom stereocenters. The summed E-state index contributed by atoms with van der Waals surface area (Å²) in [4.78, 5) is 3.39. The zero-order valence-corrected chi connectivity index (χ0v) is 13.9. The van der Waals surface area contributed by atoms with Crippen LogP contribution in [0.4, 0.5) is 27.6 Å². The Bertz CT molecular complexity index is 1020. The lowest BCUT2D eigenvalue weighted by Gasteiger charge is -2.10. The molecule has 0 heterocycles. The number of nitrogens with zero attached hydrogens (tertiary/aromatic N) is 1. The maximum atomic E-state index is 13.7. The minimum Gasteiger partial charge on any atom is -0.507 e. The molecular formula is C20H12F5NO. The summed E-state index contributed by atoms with van der Waals surface area (Å²) in [7, 11) is 0. The second kappa shape index (κ2) is 7.19. The van der Waals surface area contributed by atoms with Gasteiger partial charge in [-0.2, -0.15) is 0 Å². The summed E-state index contributed by atoms with van der Waals surface area (Å²) >= 11 is 0. The average Bonchev–Trinajstić information content (AvgIpc) is 2.67. The molecule has 138 valence electrons. The molecule has 0 amide bonds. The van der Waals surface area contributed by atoms with Crippen molar-refractivity contribution in [3.8, 4) is 16.9 Å². The Kier molecular flexibility index (Phi) is 4.94. The Morgan fingerprint density at radius 2 is 1.37 bits per heavy atom. The highest BCUT2D eigenvalue weighted by molar-refractivity contribution is 5.90. The minimum atomic E-state index is -2.26. The van der Waals surface area contributed by atoms with E-state index in [1.165, 1.54) is 6.07 Å². The van der Waals surface area contributed by atoms with Gasteiger partial charge in [0.25, 0.3) is 0 Å². The SMILES string of the molecule is Cc1cc(C=Nc2c(F)c(F)c(F)c(F)c2F)c(O)c(-c2ccccc2)c1. The van der Waals surface area contributed by atoms with Gasteiger partial charge in [-0.25, -0.2) is 26.9 Å². The van der Waals surface area contributed by atoms with Crippen LogP contribution in [0.25, 0.3) is 11.1 Å². The van der Waals surface area contributed by atoms with Crippen LogP contribution in [0.15, 0.2) is 47.5 Å². The van der Waals surface area contributed by atoms with Crippen LogP contribution in [0.3, 0.4) is 0 Å². The van der Waals surface area contributed by atoms with Gasteiger partial charge in [0.1, 0.15) is 11.4 Å². The molecule has 7 heteroatoms. The zero-order chi connectivity index (χ0) is 19.7. The number of aliphatic imine (C=N–C) groups is 1. The van der Waals surface area contributed by atoms with Crippen LogP contribution in [-0.4, -0.2) is 11.3 Å². The zero-order valence-electron chi connectivity index (χ0n) is 13.9. The standard InChI is InChI=1S/C20H12F5NO/c1-10-7-12(20(27)13(8-10)11-5-3-2-4-6-11)9-26-19-17(24)15(22)14(21)16(23)18(19)25/h2-9,27H,1H3. The Morgan fingerprint density at radius 1 is 0.815 bits per heavy atom. The molecule has 0 radical (unpaired) electrons. The van der Waals surface area contributed by atoms with Crippen LogP contribution >= 0.6 is 0 Å². The van der Waals surface area contributed by atoms with E-state index in [1.807, 2.05) is 0 Å². The maximum absolute atomic E-state index is 13.7. The lowest BCUT2D eigenvalue weighted by molar-refractivity contribution is 0.381. The summed E-state index contributed by atoms with van der Waals surface area (Å²) < 4.78 is 67.1. The van der Waals surface area contributed by atoms with E-state index in [1.54, 1.807) is 43.3 Å². The van der Waals surface area contributed by atoms with Crippen LogP contribution in [0, 0.1) is 36.0 Å². The predicted octanol–water partition coefficient (Wildman–Crippen LogP) is 5.81. The van der Waals surface area contributed by atoms with E-state index in [4.69, 9.17) is 0 Å². The molecule has 3 aromatic carbocycles. The summed E-state index contributed by atoms with van der Waals surface area (Å²) in [6, 6.07) is 12.0. The molecule has 0 aliphatic rings. The molecule has 0 unspecified atom stereocenters. The van der Waals surface area contributed by atoms with Gasteiger partial charge in [-0.3, -0.25) is 0 Å². The molecular weight excluding hydrogens is 365 g/mol. The van der Waals surface area contributed by atoms with Gasteiger partial charge in [0.15, 0.2) is 23.3 Å². The highest BCUT2D eigenvalue weighted by Gasteiger charge is 2.25. The van der Waals surface area contributed by atoms with Gasteiger partial charge < -0.3 is 5.11 Å². The number of aryl methyl sites for hydroxylation is 1. The molecule has 3 aromatic rings. The number of hydrogen-bond donors (Lipinski definition) is 1. The van der Waals surface area contributed by atoms with Crippen molar-refractivity contribution in [3.63, 3.8) is 0 Å². The van der Waals surface area contributed by atoms with E-state index in [-0.39, 0.29) is 11.3 Å². The molecule has 0 aliphatic carbocycles. The number of halogens is 5. The maximum Gasteiger partial charge on any atom is 0.200 e. The Hall–Kier alpha value is -3.22. The van der Waals surface area contributed by atoms with E-state index >= 15 is 0 Å². The van der Waals surface area contributed by atoms with E-state index in [0.717, 1.165) is 6.21 Å². The highest BCUT2D eigenvalue weighted by atomic mass is 19.2. The van der Waals surface area contributed by atoms with E-state index in [0.29, 0.717) is 16.7 Å². The normalized spacial score (nSPS) is 11.3. The summed E-state index contributed by atoms with van der Waals surface area (Å²) in [5.41, 5.74) is 0.566. The number of rotatable bonds is 3. The van der Waals surface area contributed by atoms with Gasteiger partial charge >= 0.3 is 0 Å². The molecule has 0 aromatic heterocycles. The fourth-order valence-corrected chi connectivity index (χ4v) is 2.58. The summed E-state index contributed by atoms with van der Waals surface area (Å²) in [6.07, 6.45) is 0.854. The van der Waals surface area contributed by atoms with Gasteiger partial charge in [-0.15, -0.1) is 0 Å². The highest BCUT2D eigenvalue weighted by Crippen LogP contribution is 2.34. The number of benzene rings is 3. The molecule has 0 saturated heterocycles. The van der Waals surface area contributed by atoms with Crippen molar-refractivity contribution in [2.24, 2.45) is 4.99 Å². The Balaban J connectivity index is 2.11. The second-order valence-corrected chi connectivity index (χ2v) is 5.79. The lowest BCUT2D eigenvalue weighted by atomic mass is 9.99. The molecule has 3 rings (SSSR count). The number of phenolic OH excluding ortho intramolecular Hbond substituents is 1. The van der Waals surface area contributed by atoms with Crippen molar-refractivity contribution in [1.82, 2.24) is 0 Å². The lowest BCUT2D eigenvalue weighted by Crippen LogP contribution is -2.01. The summed E-state index contributed by atoms with van der Waals surface area (Å²) in [5, 5.41) is 10.4. The van der Waals surface area contributed by atoms with Crippen molar-refractivity contribution in [1.29, 1.82) is 0 Å². The number of phenols is 1. The molecule has 1 N–H and O–H groups in total. The second-order valence-electron chi connectivity index (χ2n) is 5.79. The van der Waals surface area contributed by atoms with E-state index in [9.17, 15) is 27.1 Å². The fraction of sp³-hybridized carbons (Fsp3) is 0.0500. The first-order chi connectivity index (χ1) is 12.8. The largest absolute Gasteiger partial charge is 0.507 e. The van der Waals surface area contributed by atoms with Gasteiger partial charge in [-0.1, -0.05) is 30.3 Å². The topological polar surface area (TPSA) is 32.6 Å². The van der Waals surface area contributed by atoms with Crippen LogP contribution in [0.2, 0.25) is 0 Å². The van der Waals surface area contributed by atoms with Gasteiger partial charge in [-0.05, 0) is 30.2 Å². The monoisotopic (exact) mass is 377 g/mol. The third-order valence-electron chi connectivity index (χ3n) is 3.89. The number of aromatic hydroxyl groups is 1. The van der Waals surface area contributed by atoms with Gasteiger partial charge in [0, 0.05) is 17.3 Å². The molecule has 0 aliphatic heterocycles. The van der Waals surface area contributed by atoms with E-state index < -0.39 is 34.8 Å². The van der Waals surface area contributed by atoms with Crippen LogP contribution < -0.4 is 0 Å². The van der Waals surface area contributed by atoms with Gasteiger partial charge in [0.2, 0.25) is 5.82 Å². The summed E-state index contributed by atoms with van der Waals surface area (Å²) in [6.45, 7) is 1.72. The molecule has 0 fully saturated rings. The Labute approximate surface area is 151 Å². The first-order valence-electron chi connectivity index (χ1n) is 7.75. The molecule has 0 spiro atoms. The van der Waals surface area contributed by atoms with Gasteiger partial charge in [0.05, 0.1) is 0 Å². The van der Waals surface area contributed by atoms with Crippen molar-refractivity contribution >= 4 is 11.9 Å². The minimum absolute atomic E-state index is 0.0674. The van der Waals surface area contributed by atoms with Crippen molar-refractivity contribution in [3.05, 3.63) is 82.7 Å². The van der Waals surface area contributed by atoms with Crippen molar-refractivity contribution < 1.29 is 27.1 Å². The smallest absolute Gasteiger partial charge is 0.200 e. The van der Waals surface area contributed by atoms with Crippen LogP contribution in [0.5, 0.6) is 5.75 Å². The number of hydrogen-bond acceptors (Lipinski definition) is 2. The quantitative estimate of drug-likeness (QED) is 0.266. The van der Waals surface area contributed by atoms with E-state index in [2.05, 4.69) is 4.99 Å². The Morgan fingerprint density at radius 3 is 1.96 bits per heavy atom. The third-order valence-corrected chi connectivity index (χ3v) is 3.89. The molecule has 0 bridgehead atoms. The van der Waals surface area contributed by atoms with Crippen LogP contribution in [-0.2, 0) is 0 Å². The first kappa shape index (κ1) is 18.6. The molecule has 2 nitrogen and oxygen atoms in total. The third kappa shape index (κ3) is 3.40. The van der Waals surface area contributed by atoms with Crippen molar-refractivity contribution in [2.75, 3.05) is 0 Å².